The molecule has 0 saturated carbocycles. The van der Waals surface area contributed by atoms with Gasteiger partial charge in [0.05, 0.1) is 0 Å². The number of hydrogen-bond acceptors (Lipinski definition) is 4. The van der Waals surface area contributed by atoms with Gasteiger partial charge in [0.25, 0.3) is 6.04 Å². The second-order valence-corrected chi connectivity index (χ2v) is 6.86. The number of pyridine rings is 1. The zero-order chi connectivity index (χ0) is 19.2. The van der Waals surface area contributed by atoms with E-state index in [0.717, 1.165) is 12.8 Å². The summed E-state index contributed by atoms with van der Waals surface area (Å²) in [4.78, 5) is 13.8. The molecule has 27 heavy (non-hydrogen) atoms. The fraction of sp³-hybridized carbons (Fsp3) is 0.381. The fourth-order valence-electron chi connectivity index (χ4n) is 3.11. The van der Waals surface area contributed by atoms with Crippen molar-refractivity contribution in [3.05, 3.63) is 53.9 Å². The summed E-state index contributed by atoms with van der Waals surface area (Å²) in [6, 6.07) is 8.78. The molecular weight excluding hydrogens is 360 g/mol. The van der Waals surface area contributed by atoms with Gasteiger partial charge in [-0.15, -0.1) is 0 Å². The van der Waals surface area contributed by atoms with Crippen molar-refractivity contribution in [1.29, 1.82) is 0 Å². The van der Waals surface area contributed by atoms with Crippen molar-refractivity contribution in [2.75, 3.05) is 19.8 Å². The molecule has 0 saturated heterocycles. The minimum atomic E-state index is -0.599. The summed E-state index contributed by atoms with van der Waals surface area (Å²) < 4.78 is 13.0. The van der Waals surface area contributed by atoms with Gasteiger partial charge in [0, 0.05) is 24.2 Å². The number of nitrogens with zero attached hydrogens (tertiary/aromatic N) is 1. The minimum Gasteiger partial charge on any atom is -0.486 e. The Morgan fingerprint density at radius 3 is 2.52 bits per heavy atom. The molecule has 1 aromatic carbocycles. The van der Waals surface area contributed by atoms with Gasteiger partial charge in [-0.25, -0.2) is 0 Å². The van der Waals surface area contributed by atoms with Crippen LogP contribution in [0.4, 0.5) is 0 Å². The Bertz CT molecular complexity index is 821. The number of fused-ring (bicyclic) bond motifs is 1. The van der Waals surface area contributed by atoms with Crippen molar-refractivity contribution in [3.63, 3.8) is 0 Å². The van der Waals surface area contributed by atoms with Gasteiger partial charge in [0.1, 0.15) is 13.2 Å². The average Bonchev–Trinajstić information content (AvgIpc) is 2.69. The number of carbonyl (C=O) groups is 1. The van der Waals surface area contributed by atoms with Gasteiger partial charge in [-0.2, -0.15) is 4.57 Å². The molecule has 0 spiro atoms. The third kappa shape index (κ3) is 4.45. The average molecular weight is 386 g/mol. The van der Waals surface area contributed by atoms with Gasteiger partial charge >= 0.3 is 0 Å². The summed E-state index contributed by atoms with van der Waals surface area (Å²) in [5.74, 6) is 1.19. The second kappa shape index (κ2) is 8.95. The molecule has 2 heterocycles. The number of aromatic nitrogens is 1. The van der Waals surface area contributed by atoms with E-state index in [1.54, 1.807) is 18.2 Å². The molecule has 1 atom stereocenters. The molecule has 1 aliphatic heterocycles. The Hall–Kier alpha value is -2.47. The first-order valence-electron chi connectivity index (χ1n) is 9.35. The van der Waals surface area contributed by atoms with Crippen LogP contribution in [-0.4, -0.2) is 30.5 Å². The summed E-state index contributed by atoms with van der Waals surface area (Å²) in [5, 5.41) is 3.13. The molecule has 5 nitrogen and oxygen atoms in total. The number of hydrogen-bond donors (Lipinski definition) is 1. The quantitative estimate of drug-likeness (QED) is 0.451. The summed E-state index contributed by atoms with van der Waals surface area (Å²) in [6.45, 7) is 5.78. The van der Waals surface area contributed by atoms with Crippen LogP contribution in [-0.2, 0) is 6.42 Å². The normalized spacial score (nSPS) is 13.7. The van der Waals surface area contributed by atoms with Crippen LogP contribution in [0.25, 0.3) is 0 Å². The van der Waals surface area contributed by atoms with Crippen molar-refractivity contribution >= 4 is 23.0 Å². The predicted molar refractivity (Wildman–Crippen MR) is 108 cm³/mol. The van der Waals surface area contributed by atoms with Crippen molar-refractivity contribution in [1.82, 2.24) is 5.32 Å². The molecule has 1 N–H and O–H groups in total. The lowest BCUT2D eigenvalue weighted by molar-refractivity contribution is -0.692. The van der Waals surface area contributed by atoms with Crippen LogP contribution in [0.3, 0.4) is 0 Å². The van der Waals surface area contributed by atoms with Crippen molar-refractivity contribution < 1.29 is 18.8 Å². The standard InChI is InChI=1S/C21H24N2O3S/c1-3-5-15-8-10-23(11-9-15)19(21(27)22-4-2)20(24)16-6-7-17-18(14-16)26-13-12-25-17/h6-11,14,19H,3-5,12-13H2,1-2H3/p+1/t19-/m0/s1. The van der Waals surface area contributed by atoms with Gasteiger partial charge in [-0.3, -0.25) is 4.79 Å². The van der Waals surface area contributed by atoms with E-state index in [0.29, 0.717) is 41.8 Å². The number of nitrogens with one attached hydrogen (secondary N) is 1. The summed E-state index contributed by atoms with van der Waals surface area (Å²) >= 11 is 5.53. The van der Waals surface area contributed by atoms with Crippen molar-refractivity contribution in [3.8, 4) is 11.5 Å². The lowest BCUT2D eigenvalue weighted by atomic mass is 10.0. The Labute approximate surface area is 165 Å². The van der Waals surface area contributed by atoms with E-state index < -0.39 is 6.04 Å². The second-order valence-electron chi connectivity index (χ2n) is 6.42. The van der Waals surface area contributed by atoms with Crippen molar-refractivity contribution in [2.24, 2.45) is 0 Å². The summed E-state index contributed by atoms with van der Waals surface area (Å²) in [6.07, 6.45) is 5.95. The number of carbonyl (C=O) groups excluding carboxylic acids is 1. The number of thiocarbonyl (C=S) groups is 1. The molecule has 2 aromatic rings. The number of benzene rings is 1. The number of rotatable bonds is 7. The van der Waals surface area contributed by atoms with E-state index in [1.807, 2.05) is 36.0 Å². The first-order chi connectivity index (χ1) is 13.1. The molecule has 3 rings (SSSR count). The number of ketones is 1. The third-order valence-electron chi connectivity index (χ3n) is 4.43. The van der Waals surface area contributed by atoms with Crippen LogP contribution in [0.2, 0.25) is 0 Å². The molecule has 6 heteroatoms. The highest BCUT2D eigenvalue weighted by molar-refractivity contribution is 7.80. The predicted octanol–water partition coefficient (Wildman–Crippen LogP) is 3.06. The number of ether oxygens (including phenoxy) is 2. The maximum Gasteiger partial charge on any atom is 0.270 e. The molecule has 1 aromatic heterocycles. The largest absolute Gasteiger partial charge is 0.486 e. The Balaban J connectivity index is 1.92. The van der Waals surface area contributed by atoms with E-state index in [4.69, 9.17) is 21.7 Å². The highest BCUT2D eigenvalue weighted by Gasteiger charge is 2.33. The molecule has 0 unspecified atom stereocenters. The van der Waals surface area contributed by atoms with Crippen LogP contribution in [0, 0.1) is 0 Å². The molecular formula is C21H25N2O3S+. The van der Waals surface area contributed by atoms with E-state index in [2.05, 4.69) is 12.2 Å². The summed E-state index contributed by atoms with van der Waals surface area (Å²) in [7, 11) is 0. The highest BCUT2D eigenvalue weighted by atomic mass is 32.1. The first kappa shape index (κ1) is 19.3. The smallest absolute Gasteiger partial charge is 0.270 e. The van der Waals surface area contributed by atoms with Crippen LogP contribution < -0.4 is 19.4 Å². The lowest BCUT2D eigenvalue weighted by Crippen LogP contribution is -2.51. The number of likely N-dealkylation sites (N-methyl/N-ethyl adjacent to an activating group) is 1. The Morgan fingerprint density at radius 1 is 1.15 bits per heavy atom. The van der Waals surface area contributed by atoms with Gasteiger partial charge < -0.3 is 14.8 Å². The molecule has 0 fully saturated rings. The van der Waals surface area contributed by atoms with Crippen LogP contribution in [0.15, 0.2) is 42.7 Å². The Kier molecular flexibility index (Phi) is 6.40. The summed E-state index contributed by atoms with van der Waals surface area (Å²) in [5.41, 5.74) is 1.79. The molecule has 0 bridgehead atoms. The van der Waals surface area contributed by atoms with E-state index in [1.165, 1.54) is 5.56 Å². The van der Waals surface area contributed by atoms with Gasteiger partial charge in [-0.05, 0) is 37.1 Å². The number of aryl methyl sites for hydroxylation is 1. The monoisotopic (exact) mass is 385 g/mol. The van der Waals surface area contributed by atoms with Crippen LogP contribution in [0.1, 0.15) is 42.2 Å². The maximum atomic E-state index is 13.3. The van der Waals surface area contributed by atoms with Crippen LogP contribution in [0.5, 0.6) is 11.5 Å². The van der Waals surface area contributed by atoms with Gasteiger partial charge in [-0.1, -0.05) is 25.6 Å². The fourth-order valence-corrected chi connectivity index (χ4v) is 3.48. The zero-order valence-electron chi connectivity index (χ0n) is 15.7. The number of Topliss-reactive ketones (excluding diaryl/α,β-unsaturated/α-hetero) is 1. The topological polar surface area (TPSA) is 51.4 Å². The molecule has 1 aliphatic rings. The molecule has 0 amide bonds. The molecule has 0 radical (unpaired) electrons. The Morgan fingerprint density at radius 2 is 1.85 bits per heavy atom. The van der Waals surface area contributed by atoms with E-state index in [9.17, 15) is 4.79 Å². The molecule has 0 aliphatic carbocycles. The first-order valence-corrected chi connectivity index (χ1v) is 9.76. The van der Waals surface area contributed by atoms with E-state index in [-0.39, 0.29) is 5.78 Å². The van der Waals surface area contributed by atoms with Crippen LogP contribution >= 0.6 is 12.2 Å². The zero-order valence-corrected chi connectivity index (χ0v) is 16.6. The third-order valence-corrected chi connectivity index (χ3v) is 4.80. The van der Waals surface area contributed by atoms with E-state index >= 15 is 0 Å². The molecule has 142 valence electrons. The van der Waals surface area contributed by atoms with Crippen molar-refractivity contribution in [2.45, 2.75) is 32.7 Å². The van der Waals surface area contributed by atoms with Gasteiger partial charge in [0.15, 0.2) is 28.9 Å². The highest BCUT2D eigenvalue weighted by Crippen LogP contribution is 2.31. The maximum absolute atomic E-state index is 13.3. The lowest BCUT2D eigenvalue weighted by Gasteiger charge is -2.19. The SMILES string of the molecule is CCCc1cc[n+]([C@@H](C(=O)c2ccc3c(c2)OCCO3)C(=S)NCC)cc1. The van der Waals surface area contributed by atoms with Gasteiger partial charge in [0.2, 0.25) is 5.78 Å². The minimum absolute atomic E-state index is 0.0776.